The number of nitrogens with zero attached hydrogens (tertiary/aromatic N) is 4. The maximum absolute atomic E-state index is 6.20. The standard InChI is InChI=1S/C25H21N5/c1-2-17-10-12-19(13-11-17)30-24(20-9-6-16-27-23(20)26)29-22-15-14-21(28-25(22)30)18-7-4-3-5-8-18/h3-16H,2H2,1H3,(H2,26,27). The molecule has 0 amide bonds. The van der Waals surface area contributed by atoms with E-state index in [1.165, 1.54) is 5.56 Å². The third kappa shape index (κ3) is 3.10. The van der Waals surface area contributed by atoms with Crippen molar-refractivity contribution in [1.82, 2.24) is 19.5 Å². The Hall–Kier alpha value is -3.99. The molecule has 2 aromatic carbocycles. The third-order valence-electron chi connectivity index (χ3n) is 5.26. The van der Waals surface area contributed by atoms with Gasteiger partial charge < -0.3 is 5.73 Å². The SMILES string of the molecule is CCc1ccc(-n2c(-c3cccnc3N)nc3ccc(-c4ccccc4)nc32)cc1. The highest BCUT2D eigenvalue weighted by molar-refractivity contribution is 5.84. The molecule has 5 aromatic rings. The first kappa shape index (κ1) is 18.1. The molecule has 146 valence electrons. The normalized spacial score (nSPS) is 11.1. The molecule has 5 nitrogen and oxygen atoms in total. The minimum absolute atomic E-state index is 0.447. The van der Waals surface area contributed by atoms with Crippen molar-refractivity contribution in [2.75, 3.05) is 5.73 Å². The van der Waals surface area contributed by atoms with E-state index in [0.717, 1.165) is 45.9 Å². The molecule has 0 saturated carbocycles. The summed E-state index contributed by atoms with van der Waals surface area (Å²) in [5.74, 6) is 1.18. The van der Waals surface area contributed by atoms with E-state index in [1.807, 2.05) is 42.5 Å². The van der Waals surface area contributed by atoms with E-state index in [0.29, 0.717) is 5.82 Å². The summed E-state index contributed by atoms with van der Waals surface area (Å²) in [6, 6.07) is 26.5. The predicted molar refractivity (Wildman–Crippen MR) is 121 cm³/mol. The van der Waals surface area contributed by atoms with Crippen LogP contribution in [0.3, 0.4) is 0 Å². The van der Waals surface area contributed by atoms with Crippen LogP contribution in [-0.4, -0.2) is 19.5 Å². The average molecular weight is 391 g/mol. The van der Waals surface area contributed by atoms with Crippen molar-refractivity contribution in [3.63, 3.8) is 0 Å². The van der Waals surface area contributed by atoms with Crippen molar-refractivity contribution >= 4 is 17.0 Å². The average Bonchev–Trinajstić information content (AvgIpc) is 3.18. The first-order valence-corrected chi connectivity index (χ1v) is 9.99. The molecule has 0 aliphatic carbocycles. The van der Waals surface area contributed by atoms with Crippen molar-refractivity contribution in [2.45, 2.75) is 13.3 Å². The Labute approximate surface area is 174 Å². The van der Waals surface area contributed by atoms with Gasteiger partial charge in [-0.25, -0.2) is 15.0 Å². The van der Waals surface area contributed by atoms with Crippen LogP contribution in [0.2, 0.25) is 0 Å². The van der Waals surface area contributed by atoms with Crippen LogP contribution in [-0.2, 0) is 6.42 Å². The molecular formula is C25H21N5. The van der Waals surface area contributed by atoms with Crippen LogP contribution >= 0.6 is 0 Å². The molecule has 0 radical (unpaired) electrons. The maximum Gasteiger partial charge on any atom is 0.165 e. The second-order valence-corrected chi connectivity index (χ2v) is 7.13. The van der Waals surface area contributed by atoms with Crippen LogP contribution in [0, 0.1) is 0 Å². The third-order valence-corrected chi connectivity index (χ3v) is 5.26. The summed E-state index contributed by atoms with van der Waals surface area (Å²) in [7, 11) is 0. The molecule has 0 saturated heterocycles. The van der Waals surface area contributed by atoms with Crippen molar-refractivity contribution in [3.8, 4) is 28.3 Å². The molecular weight excluding hydrogens is 370 g/mol. The molecule has 0 aliphatic heterocycles. The Kier molecular flexibility index (Phi) is 4.48. The van der Waals surface area contributed by atoms with Crippen LogP contribution in [0.5, 0.6) is 0 Å². The minimum Gasteiger partial charge on any atom is -0.383 e. The number of hydrogen-bond donors (Lipinski definition) is 1. The molecule has 0 bridgehead atoms. The molecule has 30 heavy (non-hydrogen) atoms. The van der Waals surface area contributed by atoms with Gasteiger partial charge in [0.2, 0.25) is 0 Å². The Morgan fingerprint density at radius 2 is 1.63 bits per heavy atom. The van der Waals surface area contributed by atoms with Crippen LogP contribution < -0.4 is 5.73 Å². The predicted octanol–water partition coefficient (Wildman–Crippen LogP) is 5.29. The number of aromatic nitrogens is 4. The summed E-state index contributed by atoms with van der Waals surface area (Å²) in [4.78, 5) is 14.1. The minimum atomic E-state index is 0.447. The summed E-state index contributed by atoms with van der Waals surface area (Å²) >= 11 is 0. The lowest BCUT2D eigenvalue weighted by Crippen LogP contribution is -2.02. The Balaban J connectivity index is 1.79. The fraction of sp³-hybridized carbons (Fsp3) is 0.0800. The van der Waals surface area contributed by atoms with Crippen LogP contribution in [0.4, 0.5) is 5.82 Å². The molecule has 0 atom stereocenters. The van der Waals surface area contributed by atoms with Crippen LogP contribution in [0.1, 0.15) is 12.5 Å². The van der Waals surface area contributed by atoms with Crippen molar-refractivity contribution in [1.29, 1.82) is 0 Å². The topological polar surface area (TPSA) is 69.6 Å². The number of hydrogen-bond acceptors (Lipinski definition) is 4. The van der Waals surface area contributed by atoms with Gasteiger partial charge in [0.25, 0.3) is 0 Å². The summed E-state index contributed by atoms with van der Waals surface area (Å²) < 4.78 is 2.06. The number of nitrogens with two attached hydrogens (primary N) is 1. The van der Waals surface area contributed by atoms with E-state index in [-0.39, 0.29) is 0 Å². The molecule has 0 aliphatic rings. The lowest BCUT2D eigenvalue weighted by Gasteiger charge is -2.11. The molecule has 3 aromatic heterocycles. The number of nitrogen functional groups attached to an aromatic ring is 1. The van der Waals surface area contributed by atoms with Gasteiger partial charge in [0.1, 0.15) is 11.3 Å². The highest BCUT2D eigenvalue weighted by atomic mass is 15.1. The first-order chi connectivity index (χ1) is 14.7. The largest absolute Gasteiger partial charge is 0.383 e. The molecule has 0 fully saturated rings. The van der Waals surface area contributed by atoms with Gasteiger partial charge in [-0.1, -0.05) is 49.4 Å². The zero-order valence-corrected chi connectivity index (χ0v) is 16.7. The van der Waals surface area contributed by atoms with Gasteiger partial charge in [-0.05, 0) is 48.4 Å². The van der Waals surface area contributed by atoms with Gasteiger partial charge in [0, 0.05) is 17.4 Å². The summed E-state index contributed by atoms with van der Waals surface area (Å²) in [6.45, 7) is 2.15. The van der Waals surface area contributed by atoms with Crippen LogP contribution in [0.25, 0.3) is 39.5 Å². The molecule has 2 N–H and O–H groups in total. The van der Waals surface area contributed by atoms with E-state index in [9.17, 15) is 0 Å². The number of anilines is 1. The van der Waals surface area contributed by atoms with Gasteiger partial charge in [0.05, 0.1) is 11.3 Å². The van der Waals surface area contributed by atoms with E-state index in [1.54, 1.807) is 6.20 Å². The van der Waals surface area contributed by atoms with E-state index in [4.69, 9.17) is 15.7 Å². The fourth-order valence-electron chi connectivity index (χ4n) is 3.64. The van der Waals surface area contributed by atoms with Gasteiger partial charge in [-0.2, -0.15) is 0 Å². The number of benzene rings is 2. The lowest BCUT2D eigenvalue weighted by molar-refractivity contribution is 1.06. The Bertz CT molecular complexity index is 1320. The fourth-order valence-corrected chi connectivity index (χ4v) is 3.64. The second kappa shape index (κ2) is 7.44. The quantitative estimate of drug-likeness (QED) is 0.452. The molecule has 5 heteroatoms. The zero-order valence-electron chi connectivity index (χ0n) is 16.7. The van der Waals surface area contributed by atoms with Crippen molar-refractivity contribution in [2.24, 2.45) is 0 Å². The first-order valence-electron chi connectivity index (χ1n) is 9.99. The summed E-state index contributed by atoms with van der Waals surface area (Å²) in [6.07, 6.45) is 2.68. The molecule has 5 rings (SSSR count). The van der Waals surface area contributed by atoms with Gasteiger partial charge >= 0.3 is 0 Å². The maximum atomic E-state index is 6.20. The molecule has 0 spiro atoms. The summed E-state index contributed by atoms with van der Waals surface area (Å²) in [5, 5.41) is 0. The van der Waals surface area contributed by atoms with Gasteiger partial charge in [-0.15, -0.1) is 0 Å². The van der Waals surface area contributed by atoms with E-state index in [2.05, 4.69) is 52.9 Å². The number of fused-ring (bicyclic) bond motifs is 1. The van der Waals surface area contributed by atoms with Crippen molar-refractivity contribution in [3.05, 3.63) is 90.6 Å². The second-order valence-electron chi connectivity index (χ2n) is 7.13. The van der Waals surface area contributed by atoms with Crippen molar-refractivity contribution < 1.29 is 0 Å². The van der Waals surface area contributed by atoms with E-state index >= 15 is 0 Å². The summed E-state index contributed by atoms with van der Waals surface area (Å²) in [5.41, 5.74) is 12.8. The van der Waals surface area contributed by atoms with E-state index < -0.39 is 0 Å². The molecule has 3 heterocycles. The highest BCUT2D eigenvalue weighted by Crippen LogP contribution is 2.31. The van der Waals surface area contributed by atoms with Crippen LogP contribution in [0.15, 0.2) is 85.1 Å². The zero-order chi connectivity index (χ0) is 20.5. The van der Waals surface area contributed by atoms with Gasteiger partial charge in [0.15, 0.2) is 11.5 Å². The number of imidazole rings is 1. The number of rotatable bonds is 4. The number of aryl methyl sites for hydroxylation is 1. The molecule has 0 unspecified atom stereocenters. The lowest BCUT2D eigenvalue weighted by atomic mass is 10.1. The Morgan fingerprint density at radius 1 is 0.833 bits per heavy atom. The van der Waals surface area contributed by atoms with Gasteiger partial charge in [-0.3, -0.25) is 4.57 Å². The smallest absolute Gasteiger partial charge is 0.165 e. The highest BCUT2D eigenvalue weighted by Gasteiger charge is 2.18. The number of pyridine rings is 2. The monoisotopic (exact) mass is 391 g/mol. The Morgan fingerprint density at radius 3 is 2.37 bits per heavy atom.